The number of aryl methyl sites for hydroxylation is 4. The molecule has 10 rings (SSSR count). The quantitative estimate of drug-likeness (QED) is 0.0708. The van der Waals surface area contributed by atoms with Crippen LogP contribution in [0, 0.1) is 77.0 Å². The van der Waals surface area contributed by atoms with Crippen molar-refractivity contribution >= 4 is 49.4 Å². The van der Waals surface area contributed by atoms with Crippen molar-refractivity contribution in [3.05, 3.63) is 212 Å². The summed E-state index contributed by atoms with van der Waals surface area (Å²) >= 11 is 0. The Balaban J connectivity index is 0.000000172. The van der Waals surface area contributed by atoms with Gasteiger partial charge in [0.1, 0.15) is 17.0 Å². The molecule has 14 nitrogen and oxygen atoms in total. The van der Waals surface area contributed by atoms with Gasteiger partial charge in [0.15, 0.2) is 0 Å². The number of anilines is 1. The maximum Gasteiger partial charge on any atom is 0.301 e. The average molecular weight is 1070 g/mol. The van der Waals surface area contributed by atoms with E-state index in [2.05, 4.69) is 86.9 Å². The lowest BCUT2D eigenvalue weighted by Crippen LogP contribution is -2.31. The van der Waals surface area contributed by atoms with Crippen molar-refractivity contribution in [3.63, 3.8) is 0 Å². The molecule has 0 unspecified atom stereocenters. The van der Waals surface area contributed by atoms with E-state index >= 15 is 0 Å². The maximum atomic E-state index is 12.8. The fourth-order valence-corrected chi connectivity index (χ4v) is 9.38. The van der Waals surface area contributed by atoms with E-state index in [4.69, 9.17) is 0 Å². The van der Waals surface area contributed by atoms with Gasteiger partial charge in [0.2, 0.25) is 0 Å². The van der Waals surface area contributed by atoms with E-state index in [9.17, 15) is 39.7 Å². The summed E-state index contributed by atoms with van der Waals surface area (Å²) in [5.41, 5.74) is 7.99. The van der Waals surface area contributed by atoms with Crippen LogP contribution < -0.4 is 21.6 Å². The topological polar surface area (TPSA) is 208 Å². The Morgan fingerprint density at radius 2 is 0.825 bits per heavy atom. The number of rotatable bonds is 6. The van der Waals surface area contributed by atoms with E-state index in [1.54, 1.807) is 98.8 Å². The van der Waals surface area contributed by atoms with Gasteiger partial charge in [0.25, 0.3) is 16.7 Å². The molecule has 1 aliphatic heterocycles. The fourth-order valence-electron chi connectivity index (χ4n) is 9.38. The number of H-pyrrole nitrogens is 3. The van der Waals surface area contributed by atoms with Gasteiger partial charge in [0, 0.05) is 57.1 Å². The van der Waals surface area contributed by atoms with Gasteiger partial charge in [-0.2, -0.15) is 0 Å². The molecule has 0 aliphatic carbocycles. The van der Waals surface area contributed by atoms with Crippen molar-refractivity contribution in [3.8, 4) is 57.5 Å². The predicted octanol–water partition coefficient (Wildman–Crippen LogP) is 13.8. The van der Waals surface area contributed by atoms with Crippen LogP contribution in [0.15, 0.2) is 142 Å². The first-order chi connectivity index (χ1) is 37.4. The van der Waals surface area contributed by atoms with Crippen LogP contribution in [-0.2, 0) is 0 Å². The molecule has 408 valence electrons. The number of nitrogens with one attached hydrogen (secondary N) is 3. The van der Waals surface area contributed by atoms with E-state index in [0.29, 0.717) is 32.8 Å². The lowest BCUT2D eigenvalue weighted by molar-refractivity contribution is -0.382. The number of fused-ring (bicyclic) bond motifs is 3. The molecule has 9 aromatic rings. The van der Waals surface area contributed by atoms with Gasteiger partial charge >= 0.3 is 11.4 Å². The van der Waals surface area contributed by atoms with Gasteiger partial charge < -0.3 is 25.0 Å². The SMILES string of the molecule is C.Cc1ccc(-c2[nH]c(=O)c3cc(C)ccc3c2N2CCCCC2)cc1.Cc1ccc2c([N+](=O)[O-])c(-c3ccc(C#CC(C)(C)C)cc3)[nH]c(=O)c2c1.Cc1ccc2c([N+](=O)[O-])c(-c3ccc(C#CC(C)(C)O)cc3)[nH]c(=O)c2c1. The number of aliphatic hydroxyl groups is 1. The molecule has 1 aliphatic rings. The highest BCUT2D eigenvalue weighted by Gasteiger charge is 2.25. The fraction of sp³-hybridized carbons (Fsp3) is 0.258. The summed E-state index contributed by atoms with van der Waals surface area (Å²) in [5, 5.41) is 36.2. The van der Waals surface area contributed by atoms with Gasteiger partial charge in [-0.05, 0) is 136 Å². The van der Waals surface area contributed by atoms with Gasteiger partial charge in [-0.25, -0.2) is 0 Å². The molecular formula is C66H66N6O8. The summed E-state index contributed by atoms with van der Waals surface area (Å²) in [4.78, 5) is 71.2. The molecule has 0 radical (unpaired) electrons. The van der Waals surface area contributed by atoms with E-state index in [-0.39, 0.29) is 57.7 Å². The Kier molecular flexibility index (Phi) is 17.6. The molecule has 1 saturated heterocycles. The van der Waals surface area contributed by atoms with Crippen molar-refractivity contribution in [2.45, 2.75) is 94.6 Å². The van der Waals surface area contributed by atoms with Crippen LogP contribution in [0.1, 0.15) is 94.7 Å². The molecular weight excluding hydrogens is 1000 g/mol. The molecule has 4 heterocycles. The third-order valence-electron chi connectivity index (χ3n) is 13.3. The van der Waals surface area contributed by atoms with Crippen LogP contribution >= 0.6 is 0 Å². The Bertz CT molecular complexity index is 3940. The Morgan fingerprint density at radius 1 is 0.475 bits per heavy atom. The van der Waals surface area contributed by atoms with Crippen LogP contribution in [0.3, 0.4) is 0 Å². The minimum Gasteiger partial charge on any atom is -0.378 e. The van der Waals surface area contributed by atoms with Gasteiger partial charge in [-0.15, -0.1) is 0 Å². The van der Waals surface area contributed by atoms with E-state index < -0.39 is 15.4 Å². The summed E-state index contributed by atoms with van der Waals surface area (Å²) in [6.07, 6.45) is 3.70. The van der Waals surface area contributed by atoms with Crippen molar-refractivity contribution < 1.29 is 15.0 Å². The van der Waals surface area contributed by atoms with Crippen LogP contribution in [0.25, 0.3) is 66.1 Å². The number of aromatic nitrogens is 3. The molecule has 0 bridgehead atoms. The molecule has 0 spiro atoms. The second-order valence-corrected chi connectivity index (χ2v) is 21.6. The summed E-state index contributed by atoms with van der Waals surface area (Å²) in [6, 6.07) is 38.5. The molecule has 0 amide bonds. The highest BCUT2D eigenvalue weighted by atomic mass is 16.6. The number of hydrogen-bond donors (Lipinski definition) is 4. The first kappa shape index (κ1) is 58.3. The summed E-state index contributed by atoms with van der Waals surface area (Å²) in [6.45, 7) is 19.1. The van der Waals surface area contributed by atoms with Gasteiger partial charge in [-0.3, -0.25) is 34.6 Å². The zero-order valence-electron chi connectivity index (χ0n) is 45.8. The van der Waals surface area contributed by atoms with Crippen molar-refractivity contribution in [2.75, 3.05) is 18.0 Å². The minimum atomic E-state index is -1.11. The van der Waals surface area contributed by atoms with Crippen LogP contribution in [0.4, 0.5) is 17.1 Å². The second kappa shape index (κ2) is 24.1. The third-order valence-corrected chi connectivity index (χ3v) is 13.3. The molecule has 4 N–H and O–H groups in total. The standard InChI is InChI=1S/C22H20N2O3.C22H24N2O.C21H18N2O4.CH4/c1-14-5-10-17-18(13-14)21(25)23-19(20(17)24(26)27)16-8-6-15(7-9-16)11-12-22(2,3)4;1-15-6-9-17(10-7-15)20-21(24-12-4-3-5-13-24)18-11-8-16(2)14-19(18)22(25)23-20;1-13-4-9-16-17(12-13)20(24)22-18(19(16)23(26)27)15-7-5-14(6-8-15)10-11-21(2,3)25;/h5-10,13H,1-4H3,(H,23,25);6-11,14H,3-5,12-13H2,1-2H3,(H,23,25);4-9,12,25H,1-3H3,(H,22,24);1H4. The van der Waals surface area contributed by atoms with Crippen molar-refractivity contribution in [1.82, 2.24) is 15.0 Å². The molecule has 0 saturated carbocycles. The molecule has 6 aromatic carbocycles. The Hall–Kier alpha value is -9.37. The van der Waals surface area contributed by atoms with E-state index in [1.165, 1.54) is 30.5 Å². The summed E-state index contributed by atoms with van der Waals surface area (Å²) in [7, 11) is 0. The maximum absolute atomic E-state index is 12.8. The zero-order chi connectivity index (χ0) is 56.9. The largest absolute Gasteiger partial charge is 0.378 e. The predicted molar refractivity (Wildman–Crippen MR) is 325 cm³/mol. The minimum absolute atomic E-state index is 0. The van der Waals surface area contributed by atoms with Crippen molar-refractivity contribution in [1.29, 1.82) is 0 Å². The normalized spacial score (nSPS) is 12.2. The lowest BCUT2D eigenvalue weighted by Gasteiger charge is -2.31. The monoisotopic (exact) mass is 1070 g/mol. The average Bonchev–Trinajstić information content (AvgIpc) is 3.49. The van der Waals surface area contributed by atoms with Gasteiger partial charge in [0.05, 0.1) is 42.8 Å². The Labute approximate surface area is 464 Å². The molecule has 1 fully saturated rings. The number of nitrogens with zero attached hydrogens (tertiary/aromatic N) is 3. The first-order valence-corrected chi connectivity index (χ1v) is 26.0. The highest BCUT2D eigenvalue weighted by Crippen LogP contribution is 2.38. The van der Waals surface area contributed by atoms with Crippen LogP contribution in [0.5, 0.6) is 0 Å². The van der Waals surface area contributed by atoms with Crippen LogP contribution in [-0.4, -0.2) is 48.6 Å². The molecule has 14 heteroatoms. The van der Waals surface area contributed by atoms with E-state index in [0.717, 1.165) is 57.4 Å². The number of nitro groups is 2. The van der Waals surface area contributed by atoms with E-state index in [1.807, 2.05) is 47.6 Å². The lowest BCUT2D eigenvalue weighted by atomic mass is 9.97. The summed E-state index contributed by atoms with van der Waals surface area (Å²) in [5.74, 6) is 11.8. The second-order valence-electron chi connectivity index (χ2n) is 21.6. The smallest absolute Gasteiger partial charge is 0.301 e. The number of benzene rings is 6. The van der Waals surface area contributed by atoms with Crippen LogP contribution in [0.2, 0.25) is 0 Å². The molecule has 80 heavy (non-hydrogen) atoms. The van der Waals surface area contributed by atoms with Gasteiger partial charge in [-0.1, -0.05) is 126 Å². The summed E-state index contributed by atoms with van der Waals surface area (Å²) < 4.78 is 0. The first-order valence-electron chi connectivity index (χ1n) is 26.0. The zero-order valence-corrected chi connectivity index (χ0v) is 45.8. The number of pyridine rings is 3. The number of piperidine rings is 1. The highest BCUT2D eigenvalue weighted by molar-refractivity contribution is 6.01. The third kappa shape index (κ3) is 13.7. The molecule has 3 aromatic heterocycles. The number of aromatic amines is 3. The number of hydrogen-bond acceptors (Lipinski definition) is 9. The Morgan fingerprint density at radius 3 is 1.23 bits per heavy atom. The van der Waals surface area contributed by atoms with Crippen molar-refractivity contribution in [2.24, 2.45) is 5.41 Å². The molecule has 0 atom stereocenters.